The summed E-state index contributed by atoms with van der Waals surface area (Å²) >= 11 is 0. The van der Waals surface area contributed by atoms with Crippen molar-refractivity contribution < 1.29 is 4.79 Å². The first kappa shape index (κ1) is 16.4. The third-order valence-electron chi connectivity index (χ3n) is 3.78. The van der Waals surface area contributed by atoms with Crippen LogP contribution in [0.1, 0.15) is 35.9 Å². The Morgan fingerprint density at radius 2 is 1.88 bits per heavy atom. The van der Waals surface area contributed by atoms with Gasteiger partial charge in [0.25, 0.3) is 11.5 Å². The molecule has 0 unspecified atom stereocenters. The molecule has 0 fully saturated rings. The van der Waals surface area contributed by atoms with E-state index in [1.54, 1.807) is 48.5 Å². The minimum atomic E-state index is -0.430. The fourth-order valence-electron chi connectivity index (χ4n) is 2.58. The Morgan fingerprint density at radius 3 is 2.56 bits per heavy atom. The fraction of sp³-hybridized carbons (Fsp3) is 0.158. The molecular formula is C19H16N4O2. The summed E-state index contributed by atoms with van der Waals surface area (Å²) in [7, 11) is 0. The highest BCUT2D eigenvalue weighted by Gasteiger charge is 2.18. The summed E-state index contributed by atoms with van der Waals surface area (Å²) in [5.74, 6) is -0.430. The second-order valence-electron chi connectivity index (χ2n) is 5.88. The minimum Gasteiger partial charge on any atom is -0.321 e. The molecule has 1 heterocycles. The van der Waals surface area contributed by atoms with Crippen molar-refractivity contribution in [3.63, 3.8) is 0 Å². The monoisotopic (exact) mass is 332 g/mol. The maximum atomic E-state index is 12.7. The van der Waals surface area contributed by atoms with Crippen molar-refractivity contribution in [1.82, 2.24) is 9.78 Å². The lowest BCUT2D eigenvalue weighted by Gasteiger charge is -2.13. The zero-order valence-electron chi connectivity index (χ0n) is 13.9. The number of amides is 1. The van der Waals surface area contributed by atoms with E-state index in [2.05, 4.69) is 10.4 Å². The van der Waals surface area contributed by atoms with Gasteiger partial charge in [-0.25, -0.2) is 4.68 Å². The van der Waals surface area contributed by atoms with Gasteiger partial charge in [0.1, 0.15) is 0 Å². The van der Waals surface area contributed by atoms with Gasteiger partial charge >= 0.3 is 0 Å². The van der Waals surface area contributed by atoms with E-state index in [0.29, 0.717) is 22.0 Å². The first-order valence-corrected chi connectivity index (χ1v) is 7.84. The number of benzene rings is 2. The second-order valence-corrected chi connectivity index (χ2v) is 5.88. The van der Waals surface area contributed by atoms with Crippen LogP contribution in [-0.4, -0.2) is 15.7 Å². The number of fused-ring (bicyclic) bond motifs is 1. The molecule has 0 spiro atoms. The molecule has 1 aromatic heterocycles. The second kappa shape index (κ2) is 6.57. The van der Waals surface area contributed by atoms with Gasteiger partial charge in [0.15, 0.2) is 5.69 Å². The van der Waals surface area contributed by atoms with Gasteiger partial charge in [-0.3, -0.25) is 9.59 Å². The van der Waals surface area contributed by atoms with Gasteiger partial charge < -0.3 is 5.32 Å². The smallest absolute Gasteiger partial charge is 0.276 e. The molecule has 6 heteroatoms. The van der Waals surface area contributed by atoms with E-state index < -0.39 is 5.91 Å². The Balaban J connectivity index is 2.11. The maximum absolute atomic E-state index is 12.7. The summed E-state index contributed by atoms with van der Waals surface area (Å²) in [6.45, 7) is 3.67. The van der Waals surface area contributed by atoms with Crippen LogP contribution in [0.3, 0.4) is 0 Å². The predicted octanol–water partition coefficient (Wildman–Crippen LogP) is 3.10. The van der Waals surface area contributed by atoms with Gasteiger partial charge in [-0.05, 0) is 38.1 Å². The molecule has 2 aromatic carbocycles. The third-order valence-corrected chi connectivity index (χ3v) is 3.78. The Hall–Kier alpha value is -3.46. The first-order chi connectivity index (χ1) is 12.0. The Morgan fingerprint density at radius 1 is 1.16 bits per heavy atom. The van der Waals surface area contributed by atoms with Crippen LogP contribution in [-0.2, 0) is 0 Å². The van der Waals surface area contributed by atoms with Gasteiger partial charge in [-0.2, -0.15) is 10.4 Å². The molecule has 0 radical (unpaired) electrons. The Kier molecular flexibility index (Phi) is 4.31. The number of aromatic nitrogens is 2. The van der Waals surface area contributed by atoms with E-state index in [9.17, 15) is 9.59 Å². The van der Waals surface area contributed by atoms with E-state index in [1.807, 2.05) is 19.9 Å². The van der Waals surface area contributed by atoms with Crippen LogP contribution in [0.5, 0.6) is 0 Å². The summed E-state index contributed by atoms with van der Waals surface area (Å²) in [6.07, 6.45) is 0. The van der Waals surface area contributed by atoms with Crippen molar-refractivity contribution in [1.29, 1.82) is 5.26 Å². The van der Waals surface area contributed by atoms with E-state index in [4.69, 9.17) is 5.26 Å². The summed E-state index contributed by atoms with van der Waals surface area (Å²) in [5.41, 5.74) is 0.889. The molecule has 0 aliphatic carbocycles. The molecule has 0 saturated carbocycles. The Bertz CT molecular complexity index is 1060. The van der Waals surface area contributed by atoms with Crippen molar-refractivity contribution in [2.75, 3.05) is 5.32 Å². The number of nitrogens with zero attached hydrogens (tertiary/aromatic N) is 3. The van der Waals surface area contributed by atoms with Crippen molar-refractivity contribution in [2.24, 2.45) is 0 Å². The van der Waals surface area contributed by atoms with Crippen LogP contribution in [0.2, 0.25) is 0 Å². The summed E-state index contributed by atoms with van der Waals surface area (Å²) in [4.78, 5) is 25.3. The van der Waals surface area contributed by atoms with Crippen molar-refractivity contribution in [3.05, 3.63) is 70.1 Å². The van der Waals surface area contributed by atoms with Crippen LogP contribution in [0.15, 0.2) is 53.3 Å². The van der Waals surface area contributed by atoms with Gasteiger partial charge in [-0.1, -0.05) is 24.3 Å². The number of hydrogen-bond donors (Lipinski definition) is 1. The quantitative estimate of drug-likeness (QED) is 0.798. The number of carbonyl (C=O) groups is 1. The van der Waals surface area contributed by atoms with Gasteiger partial charge in [0.05, 0.1) is 23.1 Å². The van der Waals surface area contributed by atoms with Gasteiger partial charge in [0, 0.05) is 11.1 Å². The van der Waals surface area contributed by atoms with E-state index in [1.165, 1.54) is 4.68 Å². The van der Waals surface area contributed by atoms with Crippen LogP contribution >= 0.6 is 0 Å². The molecule has 1 amide bonds. The number of rotatable bonds is 3. The molecule has 3 aromatic rings. The lowest BCUT2D eigenvalue weighted by Crippen LogP contribution is -2.28. The van der Waals surface area contributed by atoms with E-state index in [-0.39, 0.29) is 17.3 Å². The van der Waals surface area contributed by atoms with E-state index >= 15 is 0 Å². The van der Waals surface area contributed by atoms with Crippen molar-refractivity contribution >= 4 is 22.4 Å². The topological polar surface area (TPSA) is 87.8 Å². The number of nitrogens with one attached hydrogen (secondary N) is 1. The molecule has 3 rings (SSSR count). The van der Waals surface area contributed by atoms with Crippen LogP contribution < -0.4 is 10.9 Å². The number of nitriles is 1. The molecule has 1 N–H and O–H groups in total. The molecule has 0 saturated heterocycles. The zero-order valence-corrected chi connectivity index (χ0v) is 13.9. The largest absolute Gasteiger partial charge is 0.321 e. The van der Waals surface area contributed by atoms with Crippen molar-refractivity contribution in [2.45, 2.75) is 19.9 Å². The molecule has 0 atom stereocenters. The normalized spacial score (nSPS) is 10.6. The highest BCUT2D eigenvalue weighted by molar-refractivity contribution is 6.11. The summed E-state index contributed by atoms with van der Waals surface area (Å²) in [5, 5.41) is 16.9. The highest BCUT2D eigenvalue weighted by atomic mass is 16.2. The van der Waals surface area contributed by atoms with Crippen molar-refractivity contribution in [3.8, 4) is 6.07 Å². The average molecular weight is 332 g/mol. The lowest BCUT2D eigenvalue weighted by molar-refractivity contribution is 0.102. The molecule has 6 nitrogen and oxygen atoms in total. The van der Waals surface area contributed by atoms with Crippen LogP contribution in [0.25, 0.3) is 10.8 Å². The lowest BCUT2D eigenvalue weighted by atomic mass is 10.1. The van der Waals surface area contributed by atoms with Gasteiger partial charge in [-0.15, -0.1) is 0 Å². The molecular weight excluding hydrogens is 316 g/mol. The summed E-state index contributed by atoms with van der Waals surface area (Å²) < 4.78 is 1.31. The van der Waals surface area contributed by atoms with Crippen LogP contribution in [0.4, 0.5) is 5.69 Å². The standard InChI is InChI=1S/C19H16N4O2/c1-12(2)23-19(25)16-9-4-3-8-15(16)17(22-23)18(24)21-14-7-5-6-13(10-14)11-20/h3-10,12H,1-2H3,(H,21,24). The van der Waals surface area contributed by atoms with E-state index in [0.717, 1.165) is 0 Å². The SMILES string of the molecule is CC(C)n1nc(C(=O)Nc2cccc(C#N)c2)c2ccccc2c1=O. The molecule has 0 bridgehead atoms. The summed E-state index contributed by atoms with van der Waals surface area (Å²) in [6, 6.07) is 15.4. The predicted molar refractivity (Wildman–Crippen MR) is 95.5 cm³/mol. The highest BCUT2D eigenvalue weighted by Crippen LogP contribution is 2.17. The van der Waals surface area contributed by atoms with Gasteiger partial charge in [0.2, 0.25) is 0 Å². The van der Waals surface area contributed by atoms with Crippen LogP contribution in [0, 0.1) is 11.3 Å². The zero-order chi connectivity index (χ0) is 18.0. The molecule has 25 heavy (non-hydrogen) atoms. The minimum absolute atomic E-state index is 0.172. The third kappa shape index (κ3) is 3.12. The number of anilines is 1. The number of hydrogen-bond acceptors (Lipinski definition) is 4. The molecule has 0 aliphatic rings. The fourth-order valence-corrected chi connectivity index (χ4v) is 2.58. The first-order valence-electron chi connectivity index (χ1n) is 7.84. The molecule has 124 valence electrons. The maximum Gasteiger partial charge on any atom is 0.276 e. The average Bonchev–Trinajstić information content (AvgIpc) is 2.62. The Labute approximate surface area is 144 Å². The molecule has 0 aliphatic heterocycles. The number of carbonyl (C=O) groups excluding carboxylic acids is 1.